The smallest absolute Gasteiger partial charge is 0.326 e. The molecule has 2 aromatic carbocycles. The number of carbonyl (C=O) groups excluding carboxylic acids is 3. The highest BCUT2D eigenvalue weighted by atomic mass is 16.4. The van der Waals surface area contributed by atoms with Gasteiger partial charge in [0, 0.05) is 12.8 Å². The third-order valence-corrected chi connectivity index (χ3v) is 4.57. The molecule has 0 saturated heterocycles. The second-order valence-corrected chi connectivity index (χ2v) is 7.12. The molecule has 7 N–H and O–H groups in total. The normalized spacial score (nSPS) is 13.5. The van der Waals surface area contributed by atoms with Gasteiger partial charge in [-0.2, -0.15) is 0 Å². The maximum absolute atomic E-state index is 12.9. The van der Waals surface area contributed by atoms with Crippen molar-refractivity contribution in [1.82, 2.24) is 10.6 Å². The Bertz CT molecular complexity index is 905. The third kappa shape index (κ3) is 7.90. The predicted octanol–water partition coefficient (Wildman–Crippen LogP) is -0.271. The quantitative estimate of drug-likeness (QED) is 0.332. The highest BCUT2D eigenvalue weighted by molar-refractivity contribution is 5.93. The van der Waals surface area contributed by atoms with E-state index >= 15 is 0 Å². The lowest BCUT2D eigenvalue weighted by molar-refractivity contribution is -0.142. The summed E-state index contributed by atoms with van der Waals surface area (Å²) in [6, 6.07) is 14.3. The minimum absolute atomic E-state index is 0.0785. The van der Waals surface area contributed by atoms with Crippen molar-refractivity contribution in [2.75, 3.05) is 0 Å². The highest BCUT2D eigenvalue weighted by Gasteiger charge is 2.28. The molecule has 3 amide bonds. The van der Waals surface area contributed by atoms with Crippen LogP contribution in [-0.4, -0.2) is 46.9 Å². The Hall–Kier alpha value is -3.72. The van der Waals surface area contributed by atoms with E-state index in [0.717, 1.165) is 11.1 Å². The molecule has 0 bridgehead atoms. The van der Waals surface area contributed by atoms with Gasteiger partial charge in [-0.1, -0.05) is 60.7 Å². The van der Waals surface area contributed by atoms with Crippen LogP contribution in [-0.2, 0) is 32.0 Å². The van der Waals surface area contributed by atoms with Crippen molar-refractivity contribution in [3.63, 3.8) is 0 Å². The minimum Gasteiger partial charge on any atom is -0.480 e. The molecule has 9 heteroatoms. The fraction of sp³-hybridized carbons (Fsp3) is 0.273. The van der Waals surface area contributed by atoms with Gasteiger partial charge in [-0.15, -0.1) is 0 Å². The van der Waals surface area contributed by atoms with Crippen LogP contribution in [0.3, 0.4) is 0 Å². The number of nitrogens with one attached hydrogen (secondary N) is 2. The number of aliphatic carboxylic acids is 1. The van der Waals surface area contributed by atoms with E-state index in [1.807, 2.05) is 0 Å². The van der Waals surface area contributed by atoms with Gasteiger partial charge in [0.05, 0.1) is 12.5 Å². The standard InChI is InChI=1S/C22H26N4O5/c23-16(13-19(24)27)20(28)25-17(11-14-7-3-1-4-8-14)21(29)26-18(22(30)31)12-15-9-5-2-6-10-15/h1-10,16-18H,11-13,23H2,(H2,24,27)(H,25,28)(H,26,29)(H,30,31)/t16-,17-,18-/m0/s1. The molecule has 0 aromatic heterocycles. The van der Waals surface area contributed by atoms with E-state index in [1.165, 1.54) is 0 Å². The number of carbonyl (C=O) groups is 4. The Morgan fingerprint density at radius 3 is 1.68 bits per heavy atom. The minimum atomic E-state index is -1.22. The zero-order chi connectivity index (χ0) is 22.8. The maximum atomic E-state index is 12.9. The maximum Gasteiger partial charge on any atom is 0.326 e. The zero-order valence-electron chi connectivity index (χ0n) is 16.9. The second kappa shape index (κ2) is 11.5. The highest BCUT2D eigenvalue weighted by Crippen LogP contribution is 2.07. The molecular weight excluding hydrogens is 400 g/mol. The van der Waals surface area contributed by atoms with Crippen molar-refractivity contribution in [2.45, 2.75) is 37.4 Å². The van der Waals surface area contributed by atoms with Crippen LogP contribution in [0.1, 0.15) is 17.5 Å². The molecule has 0 aliphatic rings. The van der Waals surface area contributed by atoms with E-state index in [0.29, 0.717) is 0 Å². The zero-order valence-corrected chi connectivity index (χ0v) is 16.9. The number of nitrogens with two attached hydrogens (primary N) is 2. The molecule has 0 radical (unpaired) electrons. The average Bonchev–Trinajstić information content (AvgIpc) is 2.73. The summed E-state index contributed by atoms with van der Waals surface area (Å²) in [5.41, 5.74) is 12.2. The summed E-state index contributed by atoms with van der Waals surface area (Å²) in [5.74, 6) is -3.36. The van der Waals surface area contributed by atoms with Crippen LogP contribution in [0, 0.1) is 0 Å². The first-order valence-corrected chi connectivity index (χ1v) is 9.71. The van der Waals surface area contributed by atoms with Crippen LogP contribution in [0.15, 0.2) is 60.7 Å². The number of hydrogen-bond donors (Lipinski definition) is 5. The van der Waals surface area contributed by atoms with Gasteiger partial charge < -0.3 is 27.2 Å². The van der Waals surface area contributed by atoms with Crippen molar-refractivity contribution >= 4 is 23.7 Å². The van der Waals surface area contributed by atoms with E-state index in [1.54, 1.807) is 60.7 Å². The van der Waals surface area contributed by atoms with Crippen molar-refractivity contribution < 1.29 is 24.3 Å². The van der Waals surface area contributed by atoms with Crippen LogP contribution < -0.4 is 22.1 Å². The number of amides is 3. The van der Waals surface area contributed by atoms with Gasteiger partial charge in [0.1, 0.15) is 12.1 Å². The lowest BCUT2D eigenvalue weighted by atomic mass is 10.0. The molecule has 0 heterocycles. The summed E-state index contributed by atoms with van der Waals surface area (Å²) in [5, 5.41) is 14.5. The summed E-state index contributed by atoms with van der Waals surface area (Å²) < 4.78 is 0. The van der Waals surface area contributed by atoms with Crippen molar-refractivity contribution in [3.05, 3.63) is 71.8 Å². The molecule has 3 atom stereocenters. The Morgan fingerprint density at radius 1 is 0.774 bits per heavy atom. The van der Waals surface area contributed by atoms with E-state index < -0.39 is 41.8 Å². The molecule has 0 aliphatic carbocycles. The molecule has 9 nitrogen and oxygen atoms in total. The molecule has 164 valence electrons. The number of carboxylic acids is 1. The largest absolute Gasteiger partial charge is 0.480 e. The van der Waals surface area contributed by atoms with E-state index in [-0.39, 0.29) is 19.3 Å². The molecule has 0 unspecified atom stereocenters. The summed E-state index contributed by atoms with van der Waals surface area (Å²) in [7, 11) is 0. The Balaban J connectivity index is 2.16. The number of primary amides is 1. The summed E-state index contributed by atoms with van der Waals surface area (Å²) in [4.78, 5) is 48.0. The van der Waals surface area contributed by atoms with Crippen molar-refractivity contribution in [3.8, 4) is 0 Å². The Kier molecular flexibility index (Phi) is 8.71. The molecular formula is C22H26N4O5. The Morgan fingerprint density at radius 2 is 1.23 bits per heavy atom. The molecule has 2 rings (SSSR count). The second-order valence-electron chi connectivity index (χ2n) is 7.12. The topological polar surface area (TPSA) is 165 Å². The van der Waals surface area contributed by atoms with Crippen LogP contribution >= 0.6 is 0 Å². The van der Waals surface area contributed by atoms with E-state index in [9.17, 15) is 24.3 Å². The lowest BCUT2D eigenvalue weighted by Gasteiger charge is -2.23. The first kappa shape index (κ1) is 23.6. The molecule has 0 fully saturated rings. The molecule has 0 spiro atoms. The fourth-order valence-corrected chi connectivity index (χ4v) is 2.97. The van der Waals surface area contributed by atoms with Gasteiger partial charge in [-0.3, -0.25) is 14.4 Å². The van der Waals surface area contributed by atoms with Gasteiger partial charge in [-0.25, -0.2) is 4.79 Å². The SMILES string of the molecule is NC(=O)C[C@H](N)C(=O)N[C@@H](Cc1ccccc1)C(=O)N[C@@H](Cc1ccccc1)C(=O)O. The van der Waals surface area contributed by atoms with Gasteiger partial charge in [-0.05, 0) is 11.1 Å². The lowest BCUT2D eigenvalue weighted by Crippen LogP contribution is -2.56. The first-order valence-electron chi connectivity index (χ1n) is 9.71. The first-order chi connectivity index (χ1) is 14.8. The third-order valence-electron chi connectivity index (χ3n) is 4.57. The van der Waals surface area contributed by atoms with Crippen LogP contribution in [0.5, 0.6) is 0 Å². The number of benzene rings is 2. The van der Waals surface area contributed by atoms with Gasteiger partial charge in [0.25, 0.3) is 0 Å². The molecule has 2 aromatic rings. The predicted molar refractivity (Wildman–Crippen MR) is 114 cm³/mol. The van der Waals surface area contributed by atoms with Crippen LogP contribution in [0.2, 0.25) is 0 Å². The average molecular weight is 426 g/mol. The number of rotatable bonds is 11. The Labute approximate surface area is 179 Å². The van der Waals surface area contributed by atoms with Gasteiger partial charge >= 0.3 is 5.97 Å². The summed E-state index contributed by atoms with van der Waals surface area (Å²) >= 11 is 0. The van der Waals surface area contributed by atoms with Gasteiger partial charge in [0.15, 0.2) is 0 Å². The van der Waals surface area contributed by atoms with E-state index in [4.69, 9.17) is 11.5 Å². The van der Waals surface area contributed by atoms with Crippen LogP contribution in [0.4, 0.5) is 0 Å². The molecule has 31 heavy (non-hydrogen) atoms. The monoisotopic (exact) mass is 426 g/mol. The number of carboxylic acid groups (broad SMARTS) is 1. The van der Waals surface area contributed by atoms with Crippen molar-refractivity contribution in [1.29, 1.82) is 0 Å². The fourth-order valence-electron chi connectivity index (χ4n) is 2.97. The molecule has 0 saturated carbocycles. The summed E-state index contributed by atoms with van der Waals surface area (Å²) in [6.45, 7) is 0. The van der Waals surface area contributed by atoms with Gasteiger partial charge in [0.2, 0.25) is 17.7 Å². The van der Waals surface area contributed by atoms with Crippen molar-refractivity contribution in [2.24, 2.45) is 11.5 Å². The summed E-state index contributed by atoms with van der Waals surface area (Å²) in [6.07, 6.45) is -0.189. The molecule has 0 aliphatic heterocycles. The van der Waals surface area contributed by atoms with Crippen LogP contribution in [0.25, 0.3) is 0 Å². The number of hydrogen-bond acceptors (Lipinski definition) is 5. The van der Waals surface area contributed by atoms with E-state index in [2.05, 4.69) is 10.6 Å².